The summed E-state index contributed by atoms with van der Waals surface area (Å²) in [5.41, 5.74) is 7.04. The molecule has 1 aliphatic rings. The van der Waals surface area contributed by atoms with E-state index in [1.54, 1.807) is 35.1 Å². The van der Waals surface area contributed by atoms with Crippen molar-refractivity contribution >= 4 is 28.7 Å². The van der Waals surface area contributed by atoms with Crippen molar-refractivity contribution in [2.75, 3.05) is 6.61 Å². The predicted octanol–water partition coefficient (Wildman–Crippen LogP) is 6.23. The van der Waals surface area contributed by atoms with E-state index in [2.05, 4.69) is 32.8 Å². The second-order valence-electron chi connectivity index (χ2n) is 9.92. The molecule has 0 amide bonds. The van der Waals surface area contributed by atoms with E-state index >= 15 is 0 Å². The normalized spacial score (nSPS) is 15.4. The number of hydrogen-bond donors (Lipinski definition) is 0. The molecule has 0 spiro atoms. The Morgan fingerprint density at radius 2 is 1.92 bits per heavy atom. The first-order valence-electron chi connectivity index (χ1n) is 12.3. The number of rotatable bonds is 9. The molecule has 0 N–H and O–H groups in total. The smallest absolute Gasteiger partial charge is 0.360 e. The van der Waals surface area contributed by atoms with Crippen LogP contribution in [-0.4, -0.2) is 26.4 Å². The van der Waals surface area contributed by atoms with Crippen molar-refractivity contribution in [2.45, 2.75) is 72.3 Å². The summed E-state index contributed by atoms with van der Waals surface area (Å²) in [7, 11) is 0. The molecule has 8 heteroatoms. The number of carbonyl (C=O) groups is 1. The number of hydrogen-bond acceptors (Lipinski definition) is 5. The summed E-state index contributed by atoms with van der Waals surface area (Å²) in [6.45, 7) is 11.4. The van der Waals surface area contributed by atoms with Crippen LogP contribution in [0.1, 0.15) is 77.5 Å². The number of halogens is 1. The molecular weight excluding hydrogens is 496 g/mol. The Morgan fingerprint density at radius 1 is 1.19 bits per heavy atom. The molecular formula is C28H33ClN2O4S. The van der Waals surface area contributed by atoms with Crippen molar-refractivity contribution in [3.63, 3.8) is 0 Å². The molecule has 2 aromatic carbocycles. The van der Waals surface area contributed by atoms with Gasteiger partial charge in [-0.15, -0.1) is 0 Å². The molecule has 0 bridgehead atoms. The van der Waals surface area contributed by atoms with E-state index in [1.807, 2.05) is 13.0 Å². The Morgan fingerprint density at radius 3 is 2.61 bits per heavy atom. The summed E-state index contributed by atoms with van der Waals surface area (Å²) < 4.78 is 24.7. The zero-order valence-corrected chi connectivity index (χ0v) is 23.1. The molecule has 1 aliphatic carbocycles. The molecule has 1 heterocycles. The summed E-state index contributed by atoms with van der Waals surface area (Å²) in [6.07, 6.45) is 5.36. The molecule has 4 rings (SSSR count). The van der Waals surface area contributed by atoms with Gasteiger partial charge in [-0.1, -0.05) is 25.4 Å². The predicted molar refractivity (Wildman–Crippen MR) is 143 cm³/mol. The Bertz CT molecular complexity index is 1300. The van der Waals surface area contributed by atoms with E-state index < -0.39 is 11.4 Å². The molecule has 0 saturated heterocycles. The van der Waals surface area contributed by atoms with Gasteiger partial charge in [0.1, 0.15) is 5.75 Å². The monoisotopic (exact) mass is 528 g/mol. The highest BCUT2D eigenvalue weighted by molar-refractivity contribution is 7.75. The van der Waals surface area contributed by atoms with Gasteiger partial charge in [0.05, 0.1) is 24.1 Å². The number of aryl methyl sites for hydroxylation is 2. The maximum absolute atomic E-state index is 13.8. The highest BCUT2D eigenvalue weighted by atomic mass is 35.5. The minimum atomic E-state index is -1.98. The molecule has 0 aliphatic heterocycles. The summed E-state index contributed by atoms with van der Waals surface area (Å²) in [6, 6.07) is 8.58. The summed E-state index contributed by atoms with van der Waals surface area (Å²) in [5.74, 6) is 0.362. The molecule has 1 atom stereocenters. The molecule has 0 saturated carbocycles. The summed E-state index contributed by atoms with van der Waals surface area (Å²) >= 11 is 3.89. The van der Waals surface area contributed by atoms with Gasteiger partial charge in [-0.2, -0.15) is 9.31 Å². The van der Waals surface area contributed by atoms with Gasteiger partial charge in [0, 0.05) is 23.6 Å². The summed E-state index contributed by atoms with van der Waals surface area (Å²) in [5, 5.41) is 5.01. The molecule has 192 valence electrons. The molecule has 1 unspecified atom stereocenters. The number of benzene rings is 2. The second kappa shape index (κ2) is 10.9. The maximum atomic E-state index is 13.8. The van der Waals surface area contributed by atoms with Crippen molar-refractivity contribution in [2.24, 2.45) is 0 Å². The Hall–Kier alpha value is -2.48. The van der Waals surface area contributed by atoms with Gasteiger partial charge in [-0.25, -0.2) is 0 Å². The zero-order chi connectivity index (χ0) is 26.0. The Kier molecular flexibility index (Phi) is 8.03. The third-order valence-electron chi connectivity index (χ3n) is 7.06. The summed E-state index contributed by atoms with van der Waals surface area (Å²) in [4.78, 5) is 13.8. The molecule has 0 fully saturated rings. The topological polar surface area (TPSA) is 70.4 Å². The SMILES string of the molecule is CCn1ncc(C(=O)c2cc(C)c3c(c2C)C(C)(C)CCC3)c1CCOS(=O)Oc1ccc(Cl)cc1. The van der Waals surface area contributed by atoms with Crippen molar-refractivity contribution in [1.82, 2.24) is 9.78 Å². The van der Waals surface area contributed by atoms with Crippen LogP contribution in [0.3, 0.4) is 0 Å². The van der Waals surface area contributed by atoms with Crippen LogP contribution in [-0.2, 0) is 40.3 Å². The Balaban J connectivity index is 1.54. The number of nitrogens with zero attached hydrogens (tertiary/aromatic N) is 2. The minimum Gasteiger partial charge on any atom is -0.380 e. The van der Waals surface area contributed by atoms with Gasteiger partial charge in [0.2, 0.25) is 0 Å². The van der Waals surface area contributed by atoms with Gasteiger partial charge in [0.15, 0.2) is 5.78 Å². The number of aromatic nitrogens is 2. The van der Waals surface area contributed by atoms with Gasteiger partial charge in [-0.05, 0) is 98.0 Å². The van der Waals surface area contributed by atoms with E-state index in [4.69, 9.17) is 20.0 Å². The lowest BCUT2D eigenvalue weighted by Gasteiger charge is -2.36. The lowest BCUT2D eigenvalue weighted by molar-refractivity contribution is 0.103. The first-order valence-corrected chi connectivity index (χ1v) is 13.7. The van der Waals surface area contributed by atoms with Crippen molar-refractivity contribution in [1.29, 1.82) is 0 Å². The molecule has 3 aromatic rings. The van der Waals surface area contributed by atoms with Crippen LogP contribution < -0.4 is 4.18 Å². The fourth-order valence-corrected chi connectivity index (χ4v) is 6.02. The number of fused-ring (bicyclic) bond motifs is 1. The van der Waals surface area contributed by atoms with E-state index in [0.29, 0.717) is 29.3 Å². The quantitative estimate of drug-likeness (QED) is 0.308. The van der Waals surface area contributed by atoms with Crippen molar-refractivity contribution in [3.05, 3.63) is 80.6 Å². The van der Waals surface area contributed by atoms with Crippen LogP contribution in [0.5, 0.6) is 5.75 Å². The number of carbonyl (C=O) groups excluding carboxylic acids is 1. The van der Waals surface area contributed by atoms with Crippen LogP contribution >= 0.6 is 11.6 Å². The van der Waals surface area contributed by atoms with Gasteiger partial charge in [-0.3, -0.25) is 13.7 Å². The average Bonchev–Trinajstić information content (AvgIpc) is 3.24. The highest BCUT2D eigenvalue weighted by Gasteiger charge is 2.32. The van der Waals surface area contributed by atoms with Gasteiger partial charge < -0.3 is 4.18 Å². The first kappa shape index (κ1) is 26.6. The van der Waals surface area contributed by atoms with Crippen molar-refractivity contribution < 1.29 is 17.4 Å². The fourth-order valence-electron chi connectivity index (χ4n) is 5.36. The number of ketones is 1. The highest BCUT2D eigenvalue weighted by Crippen LogP contribution is 2.41. The van der Waals surface area contributed by atoms with Crippen LogP contribution in [0.4, 0.5) is 0 Å². The van der Waals surface area contributed by atoms with E-state index in [9.17, 15) is 9.00 Å². The third kappa shape index (κ3) is 5.43. The lowest BCUT2D eigenvalue weighted by atomic mass is 9.68. The van der Waals surface area contributed by atoms with Crippen molar-refractivity contribution in [3.8, 4) is 5.75 Å². The molecule has 1 aromatic heterocycles. The van der Waals surface area contributed by atoms with E-state index in [-0.39, 0.29) is 17.8 Å². The maximum Gasteiger partial charge on any atom is 0.360 e. The van der Waals surface area contributed by atoms with Gasteiger partial charge >= 0.3 is 11.4 Å². The van der Waals surface area contributed by atoms with Crippen LogP contribution in [0.2, 0.25) is 5.02 Å². The molecule has 6 nitrogen and oxygen atoms in total. The zero-order valence-electron chi connectivity index (χ0n) is 21.5. The van der Waals surface area contributed by atoms with Crippen LogP contribution in [0, 0.1) is 13.8 Å². The van der Waals surface area contributed by atoms with Crippen LogP contribution in [0.25, 0.3) is 0 Å². The van der Waals surface area contributed by atoms with Gasteiger partial charge in [0.25, 0.3) is 0 Å². The Labute approximate surface area is 220 Å². The largest absolute Gasteiger partial charge is 0.380 e. The minimum absolute atomic E-state index is 0.0342. The lowest BCUT2D eigenvalue weighted by Crippen LogP contribution is -2.27. The average molecular weight is 529 g/mol. The van der Waals surface area contributed by atoms with Crippen LogP contribution in [0.15, 0.2) is 36.5 Å². The second-order valence-corrected chi connectivity index (χ2v) is 11.2. The van der Waals surface area contributed by atoms with E-state index in [1.165, 1.54) is 23.1 Å². The molecule has 0 radical (unpaired) electrons. The molecule has 36 heavy (non-hydrogen) atoms. The first-order chi connectivity index (χ1) is 17.1. The standard InChI is InChI=1S/C28H33ClN2O4S/c1-6-31-25(13-15-34-36(33)35-21-11-9-20(29)10-12-21)24(17-30-31)27(32)23-16-18(2)22-8-7-14-28(4,5)26(22)19(23)3/h9-12,16-17H,6-8,13-15H2,1-5H3. The third-order valence-corrected chi connectivity index (χ3v) is 8.00. The van der Waals surface area contributed by atoms with E-state index in [0.717, 1.165) is 29.7 Å². The fraction of sp³-hybridized carbons (Fsp3) is 0.429.